The largest absolute Gasteiger partial charge is 0.544 e. The molecule has 0 saturated carbocycles. The van der Waals surface area contributed by atoms with Gasteiger partial charge in [-0.25, -0.2) is 0 Å². The van der Waals surface area contributed by atoms with E-state index in [0.717, 1.165) is 64.2 Å². The molecule has 0 rings (SSSR count). The molecular formula is C53H95NO7. The summed E-state index contributed by atoms with van der Waals surface area (Å²) in [5.74, 6) is -1.76. The lowest BCUT2D eigenvalue weighted by Gasteiger charge is -2.34. The molecule has 61 heavy (non-hydrogen) atoms. The van der Waals surface area contributed by atoms with Crippen LogP contribution in [-0.4, -0.2) is 75.5 Å². The van der Waals surface area contributed by atoms with Gasteiger partial charge in [-0.1, -0.05) is 184 Å². The second kappa shape index (κ2) is 43.9. The second-order valence-electron chi connectivity index (χ2n) is 18.1. The van der Waals surface area contributed by atoms with Crippen molar-refractivity contribution in [3.8, 4) is 0 Å². The van der Waals surface area contributed by atoms with Gasteiger partial charge in [0.1, 0.15) is 12.6 Å². The molecule has 0 aromatic carbocycles. The van der Waals surface area contributed by atoms with Gasteiger partial charge in [0.05, 0.1) is 40.3 Å². The van der Waals surface area contributed by atoms with Crippen molar-refractivity contribution in [2.75, 3.05) is 41.0 Å². The number of carboxylic acids is 1. The van der Waals surface area contributed by atoms with Crippen molar-refractivity contribution >= 4 is 17.9 Å². The number of allylic oxidation sites excluding steroid dienone is 8. The van der Waals surface area contributed by atoms with Gasteiger partial charge in [-0.15, -0.1) is 0 Å². The fourth-order valence-electron chi connectivity index (χ4n) is 7.34. The van der Waals surface area contributed by atoms with E-state index in [9.17, 15) is 19.5 Å². The van der Waals surface area contributed by atoms with E-state index in [4.69, 9.17) is 14.2 Å². The normalized spacial score (nSPS) is 13.3. The van der Waals surface area contributed by atoms with Crippen molar-refractivity contribution in [1.82, 2.24) is 0 Å². The Morgan fingerprint density at radius 1 is 0.525 bits per heavy atom. The predicted molar refractivity (Wildman–Crippen MR) is 254 cm³/mol. The molecule has 2 unspecified atom stereocenters. The number of rotatable bonds is 45. The molecule has 0 spiro atoms. The zero-order chi connectivity index (χ0) is 44.9. The highest BCUT2D eigenvalue weighted by atomic mass is 16.6. The maximum absolute atomic E-state index is 12.8. The highest BCUT2D eigenvalue weighted by Gasteiger charge is 2.25. The molecule has 0 fully saturated rings. The summed E-state index contributed by atoms with van der Waals surface area (Å²) in [5, 5.41) is 11.7. The summed E-state index contributed by atoms with van der Waals surface area (Å²) < 4.78 is 17.2. The molecule has 0 N–H and O–H groups in total. The van der Waals surface area contributed by atoms with Gasteiger partial charge in [-0.3, -0.25) is 9.59 Å². The second-order valence-corrected chi connectivity index (χ2v) is 18.1. The third kappa shape index (κ3) is 42.4. The van der Waals surface area contributed by atoms with Crippen molar-refractivity contribution < 1.29 is 38.2 Å². The lowest BCUT2D eigenvalue weighted by atomic mass is 10.0. The number of likely N-dealkylation sites (N-methyl/N-ethyl adjacent to an activating group) is 1. The van der Waals surface area contributed by atoms with Crippen LogP contribution in [0.1, 0.15) is 219 Å². The summed E-state index contributed by atoms with van der Waals surface area (Å²) >= 11 is 0. The highest BCUT2D eigenvalue weighted by molar-refractivity contribution is 5.70. The van der Waals surface area contributed by atoms with Gasteiger partial charge < -0.3 is 28.6 Å². The van der Waals surface area contributed by atoms with Gasteiger partial charge in [0.15, 0.2) is 6.10 Å². The molecule has 8 nitrogen and oxygen atoms in total. The first kappa shape index (κ1) is 58.3. The lowest BCUT2D eigenvalue weighted by molar-refractivity contribution is -0.889. The van der Waals surface area contributed by atoms with Crippen LogP contribution in [0.4, 0.5) is 0 Å². The smallest absolute Gasteiger partial charge is 0.306 e. The Morgan fingerprint density at radius 3 is 1.46 bits per heavy atom. The van der Waals surface area contributed by atoms with Gasteiger partial charge in [0.2, 0.25) is 0 Å². The number of unbranched alkanes of at least 4 members (excludes halogenated alkanes) is 24. The van der Waals surface area contributed by atoms with Crippen LogP contribution in [0.5, 0.6) is 0 Å². The van der Waals surface area contributed by atoms with E-state index >= 15 is 0 Å². The third-order valence-corrected chi connectivity index (χ3v) is 11.2. The Bertz CT molecular complexity index is 1140. The molecule has 0 heterocycles. The molecule has 8 heteroatoms. The molecule has 0 aliphatic rings. The number of hydrogen-bond donors (Lipinski definition) is 0. The molecular weight excluding hydrogens is 763 g/mol. The standard InChI is InChI=1S/C53H95NO7/c1-6-8-10-12-14-16-18-20-22-24-25-26-27-28-30-32-34-36-38-40-42-44-52(56)61-49(47-59-46-45-50(53(57)58)54(3,4)5)48-60-51(55)43-41-39-37-35-33-31-29-23-21-19-17-15-13-11-9-7-2/h8,10,14,16,23,29,31,33,49-50H,6-7,9,11-13,15,17-22,24-28,30,32,34-48H2,1-5H3/b10-8+,16-14+,29-23+,33-31+. The minimum atomic E-state index is -1.13. The number of quaternary nitrogens is 1. The third-order valence-electron chi connectivity index (χ3n) is 11.2. The van der Waals surface area contributed by atoms with Gasteiger partial charge in [-0.05, 0) is 64.2 Å². The van der Waals surface area contributed by atoms with Gasteiger partial charge >= 0.3 is 11.9 Å². The first-order valence-electron chi connectivity index (χ1n) is 25.2. The van der Waals surface area contributed by atoms with Crippen LogP contribution in [0.3, 0.4) is 0 Å². The fourth-order valence-corrected chi connectivity index (χ4v) is 7.34. The molecule has 0 aliphatic heterocycles. The monoisotopic (exact) mass is 858 g/mol. The molecule has 0 aromatic heterocycles. The SMILES string of the molecule is CC/C=C/C/C=C/CCCCCCCCCCCCCCCCC(=O)OC(COCCC(C(=O)[O-])[N+](C)(C)C)COC(=O)CCCCC/C=C/C=C/CCCCCCCCC. The maximum Gasteiger partial charge on any atom is 0.306 e. The van der Waals surface area contributed by atoms with Crippen molar-refractivity contribution in [2.45, 2.75) is 231 Å². The summed E-state index contributed by atoms with van der Waals surface area (Å²) in [6.07, 6.45) is 52.9. The molecule has 354 valence electrons. The summed E-state index contributed by atoms with van der Waals surface area (Å²) in [6, 6.07) is -0.730. The van der Waals surface area contributed by atoms with Crippen LogP contribution in [0.2, 0.25) is 0 Å². The minimum absolute atomic E-state index is 0.0329. The minimum Gasteiger partial charge on any atom is -0.544 e. The Labute approximate surface area is 376 Å². The maximum atomic E-state index is 12.8. The van der Waals surface area contributed by atoms with Crippen molar-refractivity contribution in [2.24, 2.45) is 0 Å². The number of nitrogens with zero attached hydrogens (tertiary/aromatic N) is 1. The number of esters is 2. The van der Waals surface area contributed by atoms with E-state index < -0.39 is 18.1 Å². The van der Waals surface area contributed by atoms with Crippen LogP contribution in [-0.2, 0) is 28.6 Å². The van der Waals surface area contributed by atoms with Gasteiger partial charge in [-0.2, -0.15) is 0 Å². The molecule has 2 atom stereocenters. The summed E-state index contributed by atoms with van der Waals surface area (Å²) in [4.78, 5) is 37.0. The zero-order valence-corrected chi connectivity index (χ0v) is 40.3. The van der Waals surface area contributed by atoms with Crippen LogP contribution in [0, 0.1) is 0 Å². The number of ether oxygens (including phenoxy) is 3. The van der Waals surface area contributed by atoms with Crippen molar-refractivity contribution in [1.29, 1.82) is 0 Å². The Balaban J connectivity index is 4.27. The molecule has 0 aliphatic carbocycles. The average Bonchev–Trinajstić information content (AvgIpc) is 3.22. The quantitative estimate of drug-likeness (QED) is 0.0198. The van der Waals surface area contributed by atoms with Crippen LogP contribution < -0.4 is 5.11 Å². The fraction of sp³-hybridized carbons (Fsp3) is 0.792. The lowest BCUT2D eigenvalue weighted by Crippen LogP contribution is -2.55. The van der Waals surface area contributed by atoms with E-state index in [-0.39, 0.29) is 42.7 Å². The van der Waals surface area contributed by atoms with E-state index in [1.807, 2.05) is 0 Å². The van der Waals surface area contributed by atoms with E-state index in [2.05, 4.69) is 62.5 Å². The molecule has 0 saturated heterocycles. The van der Waals surface area contributed by atoms with E-state index in [0.29, 0.717) is 12.8 Å². The van der Waals surface area contributed by atoms with E-state index in [1.165, 1.54) is 122 Å². The van der Waals surface area contributed by atoms with Gasteiger partial charge in [0.25, 0.3) is 0 Å². The zero-order valence-electron chi connectivity index (χ0n) is 40.3. The Morgan fingerprint density at radius 2 is 0.967 bits per heavy atom. The van der Waals surface area contributed by atoms with Crippen LogP contribution in [0.15, 0.2) is 48.6 Å². The molecule has 0 radical (unpaired) electrons. The summed E-state index contributed by atoms with van der Waals surface area (Å²) in [5.41, 5.74) is 0. The number of hydrogen-bond acceptors (Lipinski definition) is 7. The van der Waals surface area contributed by atoms with Crippen LogP contribution >= 0.6 is 0 Å². The number of carbonyl (C=O) groups excluding carboxylic acids is 3. The topological polar surface area (TPSA) is 102 Å². The summed E-state index contributed by atoms with van der Waals surface area (Å²) in [6.45, 7) is 4.55. The number of carboxylic acid groups (broad SMARTS) is 1. The Kier molecular flexibility index (Phi) is 42.0. The first-order chi connectivity index (χ1) is 29.6. The van der Waals surface area contributed by atoms with Crippen LogP contribution in [0.25, 0.3) is 0 Å². The highest BCUT2D eigenvalue weighted by Crippen LogP contribution is 2.15. The Hall–Kier alpha value is -2.71. The summed E-state index contributed by atoms with van der Waals surface area (Å²) in [7, 11) is 5.41. The predicted octanol–water partition coefficient (Wildman–Crippen LogP) is 13.0. The van der Waals surface area contributed by atoms with Gasteiger partial charge in [0, 0.05) is 19.3 Å². The number of aliphatic carboxylic acids is 1. The first-order valence-corrected chi connectivity index (χ1v) is 25.2. The van der Waals surface area contributed by atoms with E-state index in [1.54, 1.807) is 21.1 Å². The molecule has 0 aromatic rings. The molecule has 0 bridgehead atoms. The van der Waals surface area contributed by atoms with Crippen molar-refractivity contribution in [3.05, 3.63) is 48.6 Å². The average molecular weight is 858 g/mol. The number of carbonyl (C=O) groups is 3. The molecule has 0 amide bonds. The van der Waals surface area contributed by atoms with Crippen molar-refractivity contribution in [3.63, 3.8) is 0 Å².